The lowest BCUT2D eigenvalue weighted by Gasteiger charge is -2.14. The Labute approximate surface area is 512 Å². The summed E-state index contributed by atoms with van der Waals surface area (Å²) in [6, 6.07) is 114. The third-order valence-corrected chi connectivity index (χ3v) is 18.1. The van der Waals surface area contributed by atoms with Crippen LogP contribution in [0, 0.1) is 0 Å². The Kier molecular flexibility index (Phi) is 11.5. The summed E-state index contributed by atoms with van der Waals surface area (Å²) in [5.41, 5.74) is 19.8. The molecule has 0 aliphatic heterocycles. The Morgan fingerprint density at radius 2 is 0.483 bits per heavy atom. The van der Waals surface area contributed by atoms with Crippen LogP contribution in [-0.2, 0) is 0 Å². The third kappa shape index (κ3) is 8.30. The maximum atomic E-state index is 5.57. The largest absolute Gasteiger partial charge is 0.309 e. The van der Waals surface area contributed by atoms with Gasteiger partial charge in [0.05, 0.1) is 33.1 Å². The topological polar surface area (TPSA) is 53.5 Å². The summed E-state index contributed by atoms with van der Waals surface area (Å²) in [6.07, 6.45) is 0. The van der Waals surface area contributed by atoms with E-state index in [-0.39, 0.29) is 0 Å². The number of benzene rings is 14. The zero-order valence-corrected chi connectivity index (χ0v) is 48.2. The van der Waals surface area contributed by atoms with Gasteiger partial charge in [0.2, 0.25) is 5.95 Å². The summed E-state index contributed by atoms with van der Waals surface area (Å²) in [5.74, 6) is 1.73. The second kappa shape index (κ2) is 20.3. The van der Waals surface area contributed by atoms with Gasteiger partial charge in [-0.05, 0) is 151 Å². The highest BCUT2D eigenvalue weighted by Crippen LogP contribution is 2.43. The molecule has 0 fully saturated rings. The fourth-order valence-corrected chi connectivity index (χ4v) is 13.9. The molecule has 0 spiro atoms. The minimum atomic E-state index is 0.531. The van der Waals surface area contributed by atoms with E-state index >= 15 is 0 Å². The van der Waals surface area contributed by atoms with Gasteiger partial charge < -0.3 is 9.13 Å². The quantitative estimate of drug-likeness (QED) is 0.145. The average Bonchev–Trinajstić information content (AvgIpc) is 1.64. The molecule has 0 unspecified atom stereocenters. The van der Waals surface area contributed by atoms with Gasteiger partial charge in [-0.25, -0.2) is 4.98 Å². The van der Waals surface area contributed by atoms with Crippen LogP contribution in [0.1, 0.15) is 0 Å². The van der Waals surface area contributed by atoms with Crippen LogP contribution in [0.2, 0.25) is 0 Å². The summed E-state index contributed by atoms with van der Waals surface area (Å²) in [4.78, 5) is 16.6. The summed E-state index contributed by atoms with van der Waals surface area (Å²) in [7, 11) is 0. The molecule has 0 saturated heterocycles. The molecule has 6 nitrogen and oxygen atoms in total. The minimum Gasteiger partial charge on any atom is -0.309 e. The Morgan fingerprint density at radius 3 is 0.843 bits per heavy atom. The van der Waals surface area contributed by atoms with Crippen LogP contribution in [0.5, 0.6) is 0 Å². The van der Waals surface area contributed by atoms with Crippen molar-refractivity contribution < 1.29 is 0 Å². The maximum absolute atomic E-state index is 5.57. The molecule has 0 amide bonds. The van der Waals surface area contributed by atoms with Crippen molar-refractivity contribution in [2.45, 2.75) is 0 Å². The highest BCUT2D eigenvalue weighted by molar-refractivity contribution is 6.16. The fourth-order valence-electron chi connectivity index (χ4n) is 13.9. The predicted molar refractivity (Wildman–Crippen MR) is 370 cm³/mol. The lowest BCUT2D eigenvalue weighted by atomic mass is 10.0. The molecule has 6 heteroatoms. The highest BCUT2D eigenvalue weighted by atomic mass is 15.2. The standard InChI is InChI=1S/C83H52N6/c1-5-19-53(20-6-1)59-35-41-75-69(47-59)70-48-60(54-21-7-2-8-22-54)36-42-76(70)87(75)63-39-45-79-73(51-63)74-52-64(88-77-43-37-61(55-23-9-3-10-24-55)49-71(77)72-50-62(38-44-78(72)88)56-25-11-4-12-26-56)40-46-80(74)89(79)83-85-81(67-33-17-29-57-27-13-15-31-65(57)67)84-82(86-83)68-34-18-30-58-28-14-16-32-66(58)68/h1-52H. The first-order chi connectivity index (χ1) is 44.1. The summed E-state index contributed by atoms with van der Waals surface area (Å²) in [6.45, 7) is 0. The van der Waals surface area contributed by atoms with Crippen LogP contribution in [0.4, 0.5) is 0 Å². The lowest BCUT2D eigenvalue weighted by Crippen LogP contribution is -2.07. The molecule has 14 aromatic carbocycles. The zero-order valence-electron chi connectivity index (χ0n) is 48.2. The molecular weight excluding hydrogens is 1080 g/mol. The van der Waals surface area contributed by atoms with E-state index in [0.717, 1.165) is 87.9 Å². The minimum absolute atomic E-state index is 0.531. The Morgan fingerprint density at radius 1 is 0.191 bits per heavy atom. The van der Waals surface area contributed by atoms with E-state index in [0.29, 0.717) is 17.6 Å². The van der Waals surface area contributed by atoms with Gasteiger partial charge in [-0.1, -0.05) is 231 Å². The van der Waals surface area contributed by atoms with Gasteiger partial charge in [-0.2, -0.15) is 9.97 Å². The molecule has 89 heavy (non-hydrogen) atoms. The first-order valence-electron chi connectivity index (χ1n) is 30.3. The summed E-state index contributed by atoms with van der Waals surface area (Å²) < 4.78 is 7.16. The van der Waals surface area contributed by atoms with Crippen molar-refractivity contribution in [3.63, 3.8) is 0 Å². The van der Waals surface area contributed by atoms with E-state index in [1.807, 2.05) is 0 Å². The molecule has 18 aromatic rings. The summed E-state index contributed by atoms with van der Waals surface area (Å²) >= 11 is 0. The van der Waals surface area contributed by atoms with Crippen LogP contribution in [0.25, 0.3) is 172 Å². The molecule has 4 heterocycles. The number of hydrogen-bond acceptors (Lipinski definition) is 3. The molecule has 0 saturated carbocycles. The first-order valence-corrected chi connectivity index (χ1v) is 30.3. The van der Waals surface area contributed by atoms with Gasteiger partial charge >= 0.3 is 0 Å². The van der Waals surface area contributed by atoms with Gasteiger partial charge in [-0.15, -0.1) is 0 Å². The molecule has 4 aromatic heterocycles. The van der Waals surface area contributed by atoms with E-state index in [1.165, 1.54) is 66.1 Å². The second-order valence-corrected chi connectivity index (χ2v) is 23.1. The molecule has 0 N–H and O–H groups in total. The Balaban J connectivity index is 0.918. The van der Waals surface area contributed by atoms with Crippen LogP contribution in [-0.4, -0.2) is 28.7 Å². The number of fused-ring (bicyclic) bond motifs is 11. The van der Waals surface area contributed by atoms with E-state index in [1.54, 1.807) is 0 Å². The van der Waals surface area contributed by atoms with Crippen molar-refractivity contribution >= 4 is 87.0 Å². The molecule has 0 radical (unpaired) electrons. The average molecular weight is 1130 g/mol. The van der Waals surface area contributed by atoms with Crippen LogP contribution >= 0.6 is 0 Å². The highest BCUT2D eigenvalue weighted by Gasteiger charge is 2.24. The molecule has 0 aliphatic rings. The SMILES string of the molecule is c1ccc(-c2ccc3c(c2)c2cc(-c4ccccc4)ccc2n3-c2ccc3c(c2)c2cc(-n4c5ccc(-c6ccccc6)cc5c5cc(-c6ccccc6)ccc54)ccc2n3-c2nc(-c3cccc4ccccc34)nc(-c3cccc4ccccc34)n2)cc1. The normalized spacial score (nSPS) is 11.8. The molecular formula is C83H52N6. The molecule has 18 rings (SSSR count). The second-order valence-electron chi connectivity index (χ2n) is 23.1. The third-order valence-electron chi connectivity index (χ3n) is 18.1. The molecule has 0 atom stereocenters. The van der Waals surface area contributed by atoms with E-state index in [9.17, 15) is 0 Å². The Hall–Kier alpha value is -12.0. The van der Waals surface area contributed by atoms with Crippen molar-refractivity contribution in [2.75, 3.05) is 0 Å². The van der Waals surface area contributed by atoms with Gasteiger partial charge in [0.15, 0.2) is 11.6 Å². The van der Waals surface area contributed by atoms with Crippen molar-refractivity contribution in [3.8, 4) is 84.6 Å². The van der Waals surface area contributed by atoms with E-state index in [4.69, 9.17) is 15.0 Å². The van der Waals surface area contributed by atoms with Crippen molar-refractivity contribution in [2.24, 2.45) is 0 Å². The van der Waals surface area contributed by atoms with Crippen LogP contribution in [0.15, 0.2) is 315 Å². The predicted octanol–water partition coefficient (Wildman–Crippen LogP) is 21.5. The van der Waals surface area contributed by atoms with Gasteiger partial charge in [0.25, 0.3) is 0 Å². The van der Waals surface area contributed by atoms with Gasteiger partial charge in [-0.3, -0.25) is 4.57 Å². The van der Waals surface area contributed by atoms with E-state index < -0.39 is 0 Å². The van der Waals surface area contributed by atoms with Crippen molar-refractivity contribution in [3.05, 3.63) is 315 Å². The smallest absolute Gasteiger partial charge is 0.238 e. The number of hydrogen-bond donors (Lipinski definition) is 0. The molecule has 0 bridgehead atoms. The molecule has 414 valence electrons. The van der Waals surface area contributed by atoms with Crippen molar-refractivity contribution in [1.29, 1.82) is 0 Å². The van der Waals surface area contributed by atoms with Gasteiger partial charge in [0, 0.05) is 54.8 Å². The van der Waals surface area contributed by atoms with Crippen LogP contribution in [0.3, 0.4) is 0 Å². The van der Waals surface area contributed by atoms with Crippen molar-refractivity contribution in [1.82, 2.24) is 28.7 Å². The molecule has 0 aliphatic carbocycles. The number of rotatable bonds is 9. The van der Waals surface area contributed by atoms with Gasteiger partial charge in [0.1, 0.15) is 0 Å². The maximum Gasteiger partial charge on any atom is 0.238 e. The summed E-state index contributed by atoms with van der Waals surface area (Å²) in [5, 5.41) is 11.3. The fraction of sp³-hybridized carbons (Fsp3) is 0. The first kappa shape index (κ1) is 50.3. The lowest BCUT2D eigenvalue weighted by molar-refractivity contribution is 0.955. The Bertz CT molecular complexity index is 5280. The number of aromatic nitrogens is 6. The van der Waals surface area contributed by atoms with Crippen LogP contribution < -0.4 is 0 Å². The van der Waals surface area contributed by atoms with E-state index in [2.05, 4.69) is 329 Å². The zero-order chi connectivity index (χ0) is 58.5. The number of nitrogens with zero attached hydrogens (tertiary/aromatic N) is 6. The monoisotopic (exact) mass is 1130 g/mol.